The SMILES string of the molecule is C[C@H](Cl)C(=O)Nc1ccccc1Oc1ccccc1. The second-order valence-corrected chi connectivity index (χ2v) is 4.67. The average molecular weight is 276 g/mol. The summed E-state index contributed by atoms with van der Waals surface area (Å²) in [6.45, 7) is 1.62. The minimum atomic E-state index is -0.593. The maximum atomic E-state index is 11.6. The Kier molecular flexibility index (Phi) is 4.42. The monoisotopic (exact) mass is 275 g/mol. The second kappa shape index (κ2) is 6.25. The van der Waals surface area contributed by atoms with Crippen molar-refractivity contribution in [3.63, 3.8) is 0 Å². The van der Waals surface area contributed by atoms with E-state index in [2.05, 4.69) is 5.32 Å². The fraction of sp³-hybridized carbons (Fsp3) is 0.133. The molecular formula is C15H14ClNO2. The molecule has 0 fully saturated rings. The third-order valence-corrected chi connectivity index (χ3v) is 2.68. The second-order valence-electron chi connectivity index (χ2n) is 4.02. The molecule has 0 spiro atoms. The van der Waals surface area contributed by atoms with Gasteiger partial charge in [-0.1, -0.05) is 30.3 Å². The molecule has 0 aromatic heterocycles. The van der Waals surface area contributed by atoms with E-state index in [1.807, 2.05) is 42.5 Å². The molecule has 0 bridgehead atoms. The third kappa shape index (κ3) is 3.73. The molecule has 3 nitrogen and oxygen atoms in total. The number of alkyl halides is 1. The number of para-hydroxylation sites is 3. The first-order valence-corrected chi connectivity index (χ1v) is 6.37. The fourth-order valence-corrected chi connectivity index (χ4v) is 1.56. The molecule has 1 amide bonds. The maximum Gasteiger partial charge on any atom is 0.242 e. The van der Waals surface area contributed by atoms with Gasteiger partial charge >= 0.3 is 0 Å². The first-order valence-electron chi connectivity index (χ1n) is 5.93. The van der Waals surface area contributed by atoms with E-state index in [0.717, 1.165) is 0 Å². The van der Waals surface area contributed by atoms with Crippen LogP contribution in [0.25, 0.3) is 0 Å². The highest BCUT2D eigenvalue weighted by Gasteiger charge is 2.12. The summed E-state index contributed by atoms with van der Waals surface area (Å²) in [7, 11) is 0. The van der Waals surface area contributed by atoms with Gasteiger partial charge in [0.2, 0.25) is 5.91 Å². The highest BCUT2D eigenvalue weighted by Crippen LogP contribution is 2.29. The molecule has 19 heavy (non-hydrogen) atoms. The first kappa shape index (κ1) is 13.4. The van der Waals surface area contributed by atoms with Crippen molar-refractivity contribution < 1.29 is 9.53 Å². The lowest BCUT2D eigenvalue weighted by molar-refractivity contribution is -0.115. The molecule has 0 unspecified atom stereocenters. The summed E-state index contributed by atoms with van der Waals surface area (Å²) in [5.74, 6) is 1.04. The van der Waals surface area contributed by atoms with Crippen LogP contribution >= 0.6 is 11.6 Å². The van der Waals surface area contributed by atoms with Crippen LogP contribution in [0.1, 0.15) is 6.92 Å². The van der Waals surface area contributed by atoms with Crippen LogP contribution in [0, 0.1) is 0 Å². The summed E-state index contributed by atoms with van der Waals surface area (Å²) in [6, 6.07) is 16.6. The summed E-state index contributed by atoms with van der Waals surface area (Å²) in [4.78, 5) is 11.6. The quantitative estimate of drug-likeness (QED) is 0.855. The number of hydrogen-bond donors (Lipinski definition) is 1. The number of carbonyl (C=O) groups is 1. The van der Waals surface area contributed by atoms with E-state index < -0.39 is 5.38 Å². The van der Waals surface area contributed by atoms with Gasteiger partial charge < -0.3 is 10.1 Å². The molecule has 0 aliphatic rings. The minimum Gasteiger partial charge on any atom is -0.455 e. The number of ether oxygens (including phenoxy) is 1. The summed E-state index contributed by atoms with van der Waals surface area (Å²) in [5.41, 5.74) is 0.601. The van der Waals surface area contributed by atoms with Gasteiger partial charge in [-0.25, -0.2) is 0 Å². The van der Waals surface area contributed by atoms with Gasteiger partial charge in [0.25, 0.3) is 0 Å². The smallest absolute Gasteiger partial charge is 0.242 e. The largest absolute Gasteiger partial charge is 0.455 e. The number of anilines is 1. The van der Waals surface area contributed by atoms with E-state index in [1.54, 1.807) is 19.1 Å². The van der Waals surface area contributed by atoms with Crippen molar-refractivity contribution in [2.75, 3.05) is 5.32 Å². The number of nitrogens with one attached hydrogen (secondary N) is 1. The lowest BCUT2D eigenvalue weighted by Gasteiger charge is -2.12. The normalized spacial score (nSPS) is 11.7. The topological polar surface area (TPSA) is 38.3 Å². The number of carbonyl (C=O) groups excluding carboxylic acids is 1. The van der Waals surface area contributed by atoms with Gasteiger partial charge in [0.1, 0.15) is 11.1 Å². The molecule has 0 saturated carbocycles. The first-order chi connectivity index (χ1) is 9.16. The van der Waals surface area contributed by atoms with Crippen LogP contribution in [0.2, 0.25) is 0 Å². The van der Waals surface area contributed by atoms with Crippen molar-refractivity contribution in [1.82, 2.24) is 0 Å². The maximum absolute atomic E-state index is 11.6. The van der Waals surface area contributed by atoms with Gasteiger partial charge in [0, 0.05) is 0 Å². The Morgan fingerprint density at radius 2 is 1.74 bits per heavy atom. The zero-order valence-electron chi connectivity index (χ0n) is 10.5. The van der Waals surface area contributed by atoms with Crippen molar-refractivity contribution in [3.05, 3.63) is 54.6 Å². The van der Waals surface area contributed by atoms with Crippen LogP contribution in [0.5, 0.6) is 11.5 Å². The van der Waals surface area contributed by atoms with E-state index in [1.165, 1.54) is 0 Å². The predicted molar refractivity (Wildman–Crippen MR) is 76.9 cm³/mol. The van der Waals surface area contributed by atoms with Gasteiger partial charge in [-0.05, 0) is 31.2 Å². The third-order valence-electron chi connectivity index (χ3n) is 2.48. The minimum absolute atomic E-state index is 0.259. The molecule has 0 aliphatic heterocycles. The highest BCUT2D eigenvalue weighted by molar-refractivity contribution is 6.32. The average Bonchev–Trinajstić information content (AvgIpc) is 2.42. The molecule has 98 valence electrons. The van der Waals surface area contributed by atoms with Crippen LogP contribution in [-0.2, 0) is 4.79 Å². The van der Waals surface area contributed by atoms with Crippen molar-refractivity contribution in [1.29, 1.82) is 0 Å². The molecule has 0 radical (unpaired) electrons. The highest BCUT2D eigenvalue weighted by atomic mass is 35.5. The van der Waals surface area contributed by atoms with Gasteiger partial charge in [-0.15, -0.1) is 11.6 Å². The Morgan fingerprint density at radius 1 is 1.11 bits per heavy atom. The van der Waals surface area contributed by atoms with E-state index in [4.69, 9.17) is 16.3 Å². The Labute approximate surface area is 117 Å². The van der Waals surface area contributed by atoms with Gasteiger partial charge in [-0.2, -0.15) is 0 Å². The summed E-state index contributed by atoms with van der Waals surface area (Å²) in [6.07, 6.45) is 0. The molecule has 2 aromatic rings. The lowest BCUT2D eigenvalue weighted by atomic mass is 10.2. The van der Waals surface area contributed by atoms with Crippen LogP contribution in [-0.4, -0.2) is 11.3 Å². The Balaban J connectivity index is 2.19. The van der Waals surface area contributed by atoms with Crippen LogP contribution in [0.15, 0.2) is 54.6 Å². The molecule has 2 rings (SSSR count). The van der Waals surface area contributed by atoms with E-state index in [9.17, 15) is 4.79 Å². The van der Waals surface area contributed by atoms with E-state index in [-0.39, 0.29) is 5.91 Å². The number of halogens is 1. The van der Waals surface area contributed by atoms with Gasteiger partial charge in [0.05, 0.1) is 5.69 Å². The fourth-order valence-electron chi connectivity index (χ4n) is 1.51. The van der Waals surface area contributed by atoms with Crippen molar-refractivity contribution in [2.24, 2.45) is 0 Å². The molecule has 2 aromatic carbocycles. The van der Waals surface area contributed by atoms with Crippen LogP contribution < -0.4 is 10.1 Å². The molecule has 0 aliphatic carbocycles. The molecule has 1 atom stereocenters. The number of hydrogen-bond acceptors (Lipinski definition) is 2. The van der Waals surface area contributed by atoms with E-state index in [0.29, 0.717) is 17.2 Å². The molecule has 1 N–H and O–H groups in total. The zero-order chi connectivity index (χ0) is 13.7. The predicted octanol–water partition coefficient (Wildman–Crippen LogP) is 4.04. The standard InChI is InChI=1S/C15H14ClNO2/c1-11(16)15(18)17-13-9-5-6-10-14(13)19-12-7-3-2-4-8-12/h2-11H,1H3,(H,17,18)/t11-/m0/s1. The Hall–Kier alpha value is -2.00. The van der Waals surface area contributed by atoms with Gasteiger partial charge in [-0.3, -0.25) is 4.79 Å². The molecule has 4 heteroatoms. The van der Waals surface area contributed by atoms with Crippen molar-refractivity contribution >= 4 is 23.2 Å². The van der Waals surface area contributed by atoms with Crippen LogP contribution in [0.3, 0.4) is 0 Å². The van der Waals surface area contributed by atoms with Crippen molar-refractivity contribution in [3.8, 4) is 11.5 Å². The van der Waals surface area contributed by atoms with Gasteiger partial charge in [0.15, 0.2) is 5.75 Å². The lowest BCUT2D eigenvalue weighted by Crippen LogP contribution is -2.20. The number of amides is 1. The van der Waals surface area contributed by atoms with Crippen LogP contribution in [0.4, 0.5) is 5.69 Å². The number of rotatable bonds is 4. The summed E-state index contributed by atoms with van der Waals surface area (Å²) >= 11 is 5.74. The van der Waals surface area contributed by atoms with Crippen molar-refractivity contribution in [2.45, 2.75) is 12.3 Å². The molecule has 0 heterocycles. The summed E-state index contributed by atoms with van der Waals surface area (Å²) in [5, 5.41) is 2.14. The van der Waals surface area contributed by atoms with E-state index >= 15 is 0 Å². The zero-order valence-corrected chi connectivity index (χ0v) is 11.2. The molecule has 0 saturated heterocycles. The Morgan fingerprint density at radius 3 is 2.42 bits per heavy atom. The number of benzene rings is 2. The summed E-state index contributed by atoms with van der Waals surface area (Å²) < 4.78 is 5.73. The Bertz CT molecular complexity index is 555. The molecular weight excluding hydrogens is 262 g/mol.